The van der Waals surface area contributed by atoms with Crippen molar-refractivity contribution < 1.29 is 41.2 Å². The van der Waals surface area contributed by atoms with Crippen LogP contribution in [-0.2, 0) is 14.3 Å². The highest BCUT2D eigenvalue weighted by Crippen LogP contribution is 2.28. The number of ether oxygens (including phenoxy) is 1. The molecule has 1 saturated heterocycles. The van der Waals surface area contributed by atoms with Crippen LogP contribution in [0.3, 0.4) is 0 Å². The molecule has 0 bridgehead atoms. The second kappa shape index (κ2) is 6.64. The largest absolute Gasteiger partial charge is 0.478 e. The first-order valence-electron chi connectivity index (χ1n) is 6.80. The summed E-state index contributed by atoms with van der Waals surface area (Å²) in [5.41, 5.74) is 3.17. The summed E-state index contributed by atoms with van der Waals surface area (Å²) in [5.74, 6) is -2.41. The first-order chi connectivity index (χ1) is 10.2. The van der Waals surface area contributed by atoms with E-state index in [0.717, 1.165) is 0 Å². The molecular weight excluding hydrogens is 288 g/mol. The van der Waals surface area contributed by atoms with Crippen LogP contribution >= 0.6 is 0 Å². The Morgan fingerprint density at radius 3 is 2.67 bits per heavy atom. The average molecular weight is 309 g/mol. The van der Waals surface area contributed by atoms with E-state index in [1.165, 1.54) is 0 Å². The van der Waals surface area contributed by atoms with E-state index in [0.29, 0.717) is 0 Å². The van der Waals surface area contributed by atoms with Crippen molar-refractivity contribution >= 4 is 11.9 Å². The first-order valence-corrected chi connectivity index (χ1v) is 6.10. The smallest absolute Gasteiger partial charge is 0.351 e. The van der Waals surface area contributed by atoms with Crippen molar-refractivity contribution in [2.45, 2.75) is 49.5 Å². The summed E-state index contributed by atoms with van der Waals surface area (Å²) in [6.45, 7) is -1.53. The van der Waals surface area contributed by atoms with Gasteiger partial charge >= 0.3 is 5.97 Å². The molecule has 1 heterocycles. The normalized spacial score (nSPS) is 36.4. The van der Waals surface area contributed by atoms with Crippen molar-refractivity contribution in [3.05, 3.63) is 0 Å². The Balaban J connectivity index is 3.07. The summed E-state index contributed by atoms with van der Waals surface area (Å²) < 4.78 is 12.0. The number of amides is 1. The van der Waals surface area contributed by atoms with Crippen LogP contribution < -0.4 is 11.1 Å². The number of carbonyl (C=O) groups excluding carboxylic acids is 1. The third-order valence-corrected chi connectivity index (χ3v) is 3.23. The molecule has 10 nitrogen and oxygen atoms in total. The van der Waals surface area contributed by atoms with E-state index in [1.54, 1.807) is 0 Å². The molecule has 122 valence electrons. The van der Waals surface area contributed by atoms with Gasteiger partial charge in [-0.3, -0.25) is 10.5 Å². The lowest BCUT2D eigenvalue weighted by Crippen LogP contribution is -2.69. The number of hydrogen-bond donors (Lipinski definition) is 7. The quantitative estimate of drug-likeness (QED) is 0.267. The first kappa shape index (κ1) is 16.1. The summed E-state index contributed by atoms with van der Waals surface area (Å²) in [6.07, 6.45) is -7.20. The number of hydrogen-bond acceptors (Lipinski definition) is 8. The number of aliphatic hydroxyl groups is 4. The van der Waals surface area contributed by atoms with E-state index in [1.807, 2.05) is 0 Å². The van der Waals surface area contributed by atoms with Crippen LogP contribution in [-0.4, -0.2) is 80.2 Å². The molecule has 0 aromatic carbocycles. The second-order valence-corrected chi connectivity index (χ2v) is 4.88. The van der Waals surface area contributed by atoms with E-state index in [-0.39, 0.29) is 0 Å². The van der Waals surface area contributed by atoms with Crippen LogP contribution in [0.25, 0.3) is 0 Å². The highest BCUT2D eigenvalue weighted by molar-refractivity contribution is 5.77. The lowest BCUT2D eigenvalue weighted by molar-refractivity contribution is -0.228. The van der Waals surface area contributed by atoms with Crippen molar-refractivity contribution in [2.75, 3.05) is 6.61 Å². The molecule has 6 atom stereocenters. The van der Waals surface area contributed by atoms with Gasteiger partial charge in [-0.25, -0.2) is 4.79 Å². The van der Waals surface area contributed by atoms with Crippen LogP contribution in [0.15, 0.2) is 0 Å². The minimum absolute atomic E-state index is 0.580. The molecule has 21 heavy (non-hydrogen) atoms. The number of rotatable bonds is 5. The molecular formula is C11H20N2O8. The zero-order valence-electron chi connectivity index (χ0n) is 12.0. The third kappa shape index (κ3) is 3.87. The van der Waals surface area contributed by atoms with Gasteiger partial charge in [-0.2, -0.15) is 0 Å². The summed E-state index contributed by atoms with van der Waals surface area (Å²) in [6, 6.07) is -1.30. The molecule has 1 aliphatic heterocycles. The van der Waals surface area contributed by atoms with Crippen molar-refractivity contribution in [1.82, 2.24) is 5.32 Å². The Morgan fingerprint density at radius 1 is 1.57 bits per heavy atom. The highest BCUT2D eigenvalue weighted by Gasteiger charge is 2.52. The van der Waals surface area contributed by atoms with Crippen LogP contribution in [0.4, 0.5) is 0 Å². The molecule has 10 heteroatoms. The van der Waals surface area contributed by atoms with Crippen LogP contribution in [0.2, 0.25) is 0 Å². The third-order valence-electron chi connectivity index (χ3n) is 3.23. The Kier molecular flexibility index (Phi) is 5.08. The van der Waals surface area contributed by atoms with Gasteiger partial charge in [0.25, 0.3) is 0 Å². The van der Waals surface area contributed by atoms with Gasteiger partial charge in [-0.1, -0.05) is 0 Å². The second-order valence-electron chi connectivity index (χ2n) is 4.88. The fraction of sp³-hybridized carbons (Fsp3) is 0.818. The van der Waals surface area contributed by atoms with Gasteiger partial charge in [0.1, 0.15) is 18.3 Å². The molecule has 1 amide bonds. The molecule has 0 saturated carbocycles. The lowest BCUT2D eigenvalue weighted by Gasteiger charge is -2.45. The van der Waals surface area contributed by atoms with Crippen LogP contribution in [0.5, 0.6) is 0 Å². The predicted molar refractivity (Wildman–Crippen MR) is 66.8 cm³/mol. The molecule has 0 radical (unpaired) electrons. The Labute approximate surface area is 121 Å². The Hall–Kier alpha value is -1.30. The van der Waals surface area contributed by atoms with Gasteiger partial charge in [0.2, 0.25) is 11.6 Å². The number of nitrogens with one attached hydrogen (secondary N) is 1. The SMILES string of the molecule is [2H]CC(=O)N[C@H]1[C@H]([C@H](O)[C@H](O)CO)OC(N)(C(=O)O)C[C@@H]1O. The number of aliphatic hydroxyl groups excluding tert-OH is 4. The van der Waals surface area contributed by atoms with Gasteiger partial charge < -0.3 is 35.6 Å². The molecule has 0 aromatic heterocycles. The zero-order chi connectivity index (χ0) is 17.1. The zero-order valence-corrected chi connectivity index (χ0v) is 11.0. The number of carboxylic acid groups (broad SMARTS) is 1. The maximum absolute atomic E-state index is 11.3. The lowest BCUT2D eigenvalue weighted by atomic mass is 9.88. The fourth-order valence-electron chi connectivity index (χ4n) is 2.13. The highest BCUT2D eigenvalue weighted by atomic mass is 16.6. The van der Waals surface area contributed by atoms with E-state index < -0.39 is 68.0 Å². The Bertz CT molecular complexity index is 425. The maximum Gasteiger partial charge on any atom is 0.351 e. The van der Waals surface area contributed by atoms with Crippen LogP contribution in [0.1, 0.15) is 14.7 Å². The molecule has 1 aliphatic rings. The topological polar surface area (TPSA) is 183 Å². The molecule has 0 spiro atoms. The molecule has 0 aliphatic carbocycles. The van der Waals surface area contributed by atoms with Gasteiger partial charge in [-0.05, 0) is 0 Å². The molecule has 1 rings (SSSR count). The summed E-state index contributed by atoms with van der Waals surface area (Å²) >= 11 is 0. The Morgan fingerprint density at radius 2 is 2.19 bits per heavy atom. The summed E-state index contributed by atoms with van der Waals surface area (Å²) in [4.78, 5) is 22.5. The summed E-state index contributed by atoms with van der Waals surface area (Å²) in [7, 11) is 0. The molecule has 8 N–H and O–H groups in total. The minimum Gasteiger partial charge on any atom is -0.478 e. The van der Waals surface area contributed by atoms with Crippen molar-refractivity contribution in [1.29, 1.82) is 0 Å². The van der Waals surface area contributed by atoms with E-state index in [4.69, 9.17) is 22.1 Å². The molecule has 1 unspecified atom stereocenters. The molecule has 0 aromatic rings. The van der Waals surface area contributed by atoms with Crippen LogP contribution in [0, 0.1) is 0 Å². The van der Waals surface area contributed by atoms with E-state index in [9.17, 15) is 24.9 Å². The minimum atomic E-state index is -2.33. The van der Waals surface area contributed by atoms with Crippen molar-refractivity contribution in [3.63, 3.8) is 0 Å². The van der Waals surface area contributed by atoms with Crippen molar-refractivity contribution in [3.8, 4) is 0 Å². The van der Waals surface area contributed by atoms with Gasteiger partial charge in [-0.15, -0.1) is 0 Å². The van der Waals surface area contributed by atoms with Crippen molar-refractivity contribution in [2.24, 2.45) is 5.73 Å². The van der Waals surface area contributed by atoms with Gasteiger partial charge in [0, 0.05) is 14.7 Å². The predicted octanol–water partition coefficient (Wildman–Crippen LogP) is -3.91. The molecule has 1 fully saturated rings. The fourth-order valence-corrected chi connectivity index (χ4v) is 2.13. The van der Waals surface area contributed by atoms with Gasteiger partial charge in [0.15, 0.2) is 0 Å². The number of aliphatic carboxylic acids is 1. The summed E-state index contributed by atoms with van der Waals surface area (Å²) in [5, 5.41) is 49.6. The average Bonchev–Trinajstić information content (AvgIpc) is 2.47. The number of carbonyl (C=O) groups is 2. The maximum atomic E-state index is 11.3. The number of nitrogens with two attached hydrogens (primary N) is 1. The van der Waals surface area contributed by atoms with Gasteiger partial charge in [0.05, 0.1) is 18.8 Å². The standard InChI is InChI=1S/C11H20N2O8/c1-4(15)13-7-5(16)2-11(12,10(19)20)21-9(7)8(18)6(17)3-14/h5-9,14,16-18H,2-3,12H2,1H3,(H,13,15)(H,19,20)/t5-,6+,7+,8+,9+,11?/m0/s1/i1D. The van der Waals surface area contributed by atoms with E-state index in [2.05, 4.69) is 5.32 Å². The number of carboxylic acids is 1. The monoisotopic (exact) mass is 309 g/mol. The van der Waals surface area contributed by atoms with E-state index >= 15 is 0 Å².